The van der Waals surface area contributed by atoms with Gasteiger partial charge in [0, 0.05) is 25.7 Å². The number of likely N-dealkylation sites (tertiary alicyclic amines) is 1. The summed E-state index contributed by atoms with van der Waals surface area (Å²) in [5.74, 6) is 1.63. The maximum absolute atomic E-state index is 12.8. The van der Waals surface area contributed by atoms with Gasteiger partial charge in [-0.3, -0.25) is 4.79 Å². The molecule has 2 aromatic rings. The quantitative estimate of drug-likeness (QED) is 0.763. The Balaban J connectivity index is 1.56. The van der Waals surface area contributed by atoms with Crippen molar-refractivity contribution in [1.29, 1.82) is 0 Å². The fraction of sp³-hybridized carbons (Fsp3) is 0.500. The first-order valence-electron chi connectivity index (χ1n) is 8.94. The van der Waals surface area contributed by atoms with E-state index in [0.717, 1.165) is 19.5 Å². The SMILES string of the molecule is Cc1nn(CC(=O)N(C)[C@H]2CCN(C)C2)c(=O)n1-c1ccc2c(c1)OCO2. The van der Waals surface area contributed by atoms with Crippen molar-refractivity contribution in [2.24, 2.45) is 0 Å². The fourth-order valence-electron chi connectivity index (χ4n) is 3.61. The van der Waals surface area contributed by atoms with Gasteiger partial charge in [0.2, 0.25) is 12.7 Å². The Labute approximate surface area is 156 Å². The Morgan fingerprint density at radius 3 is 2.85 bits per heavy atom. The lowest BCUT2D eigenvalue weighted by molar-refractivity contribution is -0.132. The zero-order valence-electron chi connectivity index (χ0n) is 15.7. The normalized spacial score (nSPS) is 18.9. The van der Waals surface area contributed by atoms with Crippen LogP contribution in [0.25, 0.3) is 5.69 Å². The summed E-state index contributed by atoms with van der Waals surface area (Å²) in [6, 6.07) is 5.45. The van der Waals surface area contributed by atoms with Crippen LogP contribution in [0.3, 0.4) is 0 Å². The van der Waals surface area contributed by atoms with Gasteiger partial charge in [0.25, 0.3) is 0 Å². The van der Waals surface area contributed by atoms with Crippen LogP contribution in [-0.2, 0) is 11.3 Å². The third-order valence-electron chi connectivity index (χ3n) is 5.21. The number of carbonyl (C=O) groups is 1. The molecule has 0 bridgehead atoms. The van der Waals surface area contributed by atoms with E-state index < -0.39 is 0 Å². The Morgan fingerprint density at radius 2 is 2.11 bits per heavy atom. The van der Waals surface area contributed by atoms with E-state index in [1.165, 1.54) is 9.25 Å². The molecule has 144 valence electrons. The number of ether oxygens (including phenoxy) is 2. The van der Waals surface area contributed by atoms with Crippen molar-refractivity contribution in [3.8, 4) is 17.2 Å². The van der Waals surface area contributed by atoms with Crippen molar-refractivity contribution in [1.82, 2.24) is 24.1 Å². The summed E-state index contributed by atoms with van der Waals surface area (Å²) >= 11 is 0. The number of rotatable bonds is 4. The third kappa shape index (κ3) is 3.18. The van der Waals surface area contributed by atoms with Gasteiger partial charge in [-0.05, 0) is 39.1 Å². The first-order valence-corrected chi connectivity index (χ1v) is 8.94. The molecule has 9 nitrogen and oxygen atoms in total. The molecular weight excluding hydrogens is 350 g/mol. The predicted octanol–water partition coefficient (Wildman–Crippen LogP) is 0.234. The van der Waals surface area contributed by atoms with Crippen LogP contribution < -0.4 is 15.2 Å². The smallest absolute Gasteiger partial charge is 0.351 e. The van der Waals surface area contributed by atoms with E-state index in [-0.39, 0.29) is 31.0 Å². The number of hydrogen-bond donors (Lipinski definition) is 0. The summed E-state index contributed by atoms with van der Waals surface area (Å²) in [6.45, 7) is 3.65. The molecule has 1 fully saturated rings. The van der Waals surface area contributed by atoms with Crippen molar-refractivity contribution in [2.45, 2.75) is 25.9 Å². The van der Waals surface area contributed by atoms with Crippen molar-refractivity contribution >= 4 is 5.91 Å². The molecule has 1 saturated heterocycles. The number of fused-ring (bicyclic) bond motifs is 1. The van der Waals surface area contributed by atoms with Gasteiger partial charge in [-0.1, -0.05) is 0 Å². The summed E-state index contributed by atoms with van der Waals surface area (Å²) in [5.41, 5.74) is 0.280. The Kier molecular flexibility index (Phi) is 4.39. The first-order chi connectivity index (χ1) is 12.9. The summed E-state index contributed by atoms with van der Waals surface area (Å²) in [4.78, 5) is 29.4. The Morgan fingerprint density at radius 1 is 1.33 bits per heavy atom. The second-order valence-electron chi connectivity index (χ2n) is 7.07. The van der Waals surface area contributed by atoms with E-state index in [0.29, 0.717) is 23.0 Å². The van der Waals surface area contributed by atoms with E-state index in [4.69, 9.17) is 9.47 Å². The maximum Gasteiger partial charge on any atom is 0.351 e. The Hall–Kier alpha value is -2.81. The monoisotopic (exact) mass is 373 g/mol. The van der Waals surface area contributed by atoms with Crippen LogP contribution in [0, 0.1) is 6.92 Å². The molecule has 3 heterocycles. The number of likely N-dealkylation sites (N-methyl/N-ethyl adjacent to an activating group) is 2. The lowest BCUT2D eigenvalue weighted by atomic mass is 10.2. The minimum Gasteiger partial charge on any atom is -0.454 e. The average Bonchev–Trinajstić information content (AvgIpc) is 3.34. The molecule has 0 unspecified atom stereocenters. The van der Waals surface area contributed by atoms with Crippen molar-refractivity contribution in [3.05, 3.63) is 34.5 Å². The molecule has 1 atom stereocenters. The average molecular weight is 373 g/mol. The minimum absolute atomic E-state index is 0.0755. The van der Waals surface area contributed by atoms with Gasteiger partial charge in [0.15, 0.2) is 11.5 Å². The minimum atomic E-state index is -0.350. The number of aromatic nitrogens is 3. The molecule has 0 N–H and O–H groups in total. The molecule has 4 rings (SSSR count). The largest absolute Gasteiger partial charge is 0.454 e. The first kappa shape index (κ1) is 17.6. The van der Waals surface area contributed by atoms with E-state index >= 15 is 0 Å². The second kappa shape index (κ2) is 6.73. The Bertz CT molecular complexity index is 934. The van der Waals surface area contributed by atoms with Gasteiger partial charge in [-0.2, -0.15) is 5.10 Å². The molecule has 1 amide bonds. The molecule has 0 saturated carbocycles. The van der Waals surface area contributed by atoms with Crippen LogP contribution >= 0.6 is 0 Å². The van der Waals surface area contributed by atoms with Gasteiger partial charge < -0.3 is 19.3 Å². The number of hydrogen-bond acceptors (Lipinski definition) is 6. The standard InChI is InChI=1S/C18H23N5O4/c1-12-19-22(10-17(24)21(3)14-6-7-20(2)9-14)18(25)23(12)13-4-5-15-16(8-13)27-11-26-15/h4-5,8,14H,6-7,9-11H2,1-3H3/t14-/m0/s1. The number of carbonyl (C=O) groups excluding carboxylic acids is 1. The van der Waals surface area contributed by atoms with Gasteiger partial charge in [0.1, 0.15) is 12.4 Å². The van der Waals surface area contributed by atoms with Crippen LogP contribution in [0.1, 0.15) is 12.2 Å². The topological polar surface area (TPSA) is 81.8 Å². The van der Waals surface area contributed by atoms with Gasteiger partial charge in [-0.15, -0.1) is 0 Å². The van der Waals surface area contributed by atoms with Crippen molar-refractivity contribution in [2.75, 3.05) is 34.0 Å². The highest BCUT2D eigenvalue weighted by Gasteiger charge is 2.27. The lowest BCUT2D eigenvalue weighted by Gasteiger charge is -2.24. The lowest BCUT2D eigenvalue weighted by Crippen LogP contribution is -2.42. The molecule has 27 heavy (non-hydrogen) atoms. The van der Waals surface area contributed by atoms with Crippen LogP contribution in [0.4, 0.5) is 0 Å². The molecule has 9 heteroatoms. The van der Waals surface area contributed by atoms with Crippen LogP contribution in [0.15, 0.2) is 23.0 Å². The number of aryl methyl sites for hydroxylation is 1. The van der Waals surface area contributed by atoms with Crippen LogP contribution in [0.2, 0.25) is 0 Å². The number of amides is 1. The highest BCUT2D eigenvalue weighted by atomic mass is 16.7. The summed E-state index contributed by atoms with van der Waals surface area (Å²) in [7, 11) is 3.83. The molecular formula is C18H23N5O4. The van der Waals surface area contributed by atoms with Crippen molar-refractivity contribution < 1.29 is 14.3 Å². The van der Waals surface area contributed by atoms with E-state index in [1.54, 1.807) is 37.1 Å². The molecule has 0 aliphatic carbocycles. The zero-order chi connectivity index (χ0) is 19.1. The number of nitrogens with zero attached hydrogens (tertiary/aromatic N) is 5. The molecule has 2 aliphatic heterocycles. The highest BCUT2D eigenvalue weighted by molar-refractivity contribution is 5.76. The van der Waals surface area contributed by atoms with Crippen LogP contribution in [0.5, 0.6) is 11.5 Å². The maximum atomic E-state index is 12.8. The van der Waals surface area contributed by atoms with E-state index in [9.17, 15) is 9.59 Å². The van der Waals surface area contributed by atoms with E-state index in [2.05, 4.69) is 10.00 Å². The van der Waals surface area contributed by atoms with E-state index in [1.807, 2.05) is 7.05 Å². The molecule has 0 radical (unpaired) electrons. The van der Waals surface area contributed by atoms with Gasteiger partial charge in [-0.25, -0.2) is 14.0 Å². The fourth-order valence-corrected chi connectivity index (χ4v) is 3.61. The number of benzene rings is 1. The molecule has 0 spiro atoms. The predicted molar refractivity (Wildman–Crippen MR) is 97.4 cm³/mol. The zero-order valence-corrected chi connectivity index (χ0v) is 15.7. The second-order valence-corrected chi connectivity index (χ2v) is 7.07. The van der Waals surface area contributed by atoms with Gasteiger partial charge in [0.05, 0.1) is 5.69 Å². The molecule has 2 aliphatic rings. The summed E-state index contributed by atoms with van der Waals surface area (Å²) < 4.78 is 13.4. The molecule has 1 aromatic heterocycles. The van der Waals surface area contributed by atoms with Crippen LogP contribution in [-0.4, -0.2) is 70.1 Å². The molecule has 1 aromatic carbocycles. The van der Waals surface area contributed by atoms with Gasteiger partial charge >= 0.3 is 5.69 Å². The highest BCUT2D eigenvalue weighted by Crippen LogP contribution is 2.33. The van der Waals surface area contributed by atoms with Crippen molar-refractivity contribution in [3.63, 3.8) is 0 Å². The third-order valence-corrected chi connectivity index (χ3v) is 5.21. The summed E-state index contributed by atoms with van der Waals surface area (Å²) in [5, 5.41) is 4.28. The summed E-state index contributed by atoms with van der Waals surface area (Å²) in [6.07, 6.45) is 0.943.